The molecule has 0 aromatic heterocycles. The zero-order chi connectivity index (χ0) is 13.0. The summed E-state index contributed by atoms with van der Waals surface area (Å²) in [4.78, 5) is 0. The monoisotopic (exact) mass is 280 g/mol. The van der Waals surface area contributed by atoms with Crippen LogP contribution in [0.3, 0.4) is 0 Å². The number of hydrogen-bond donors (Lipinski definition) is 0. The lowest BCUT2D eigenvalue weighted by Crippen LogP contribution is -2.10. The van der Waals surface area contributed by atoms with E-state index in [0.29, 0.717) is 5.56 Å². The number of alkyl halides is 1. The Labute approximate surface area is 112 Å². The zero-order valence-corrected chi connectivity index (χ0v) is 11.2. The van der Waals surface area contributed by atoms with Crippen molar-refractivity contribution in [1.29, 1.82) is 0 Å². The van der Waals surface area contributed by atoms with Crippen molar-refractivity contribution in [2.24, 2.45) is 0 Å². The molecule has 2 aromatic rings. The molecular weight excluding hydrogens is 268 g/mol. The van der Waals surface area contributed by atoms with E-state index in [1.165, 1.54) is 0 Å². The molecule has 18 heavy (non-hydrogen) atoms. The maximum Gasteiger partial charge on any atom is 0.175 e. The highest BCUT2D eigenvalue weighted by Crippen LogP contribution is 2.29. The molecule has 0 unspecified atom stereocenters. The van der Waals surface area contributed by atoms with Gasteiger partial charge < -0.3 is 0 Å². The molecule has 0 saturated heterocycles. The zero-order valence-electron chi connectivity index (χ0n) is 9.66. The molecular formula is C14H13ClO2S. The quantitative estimate of drug-likeness (QED) is 0.803. The fourth-order valence-electron chi connectivity index (χ4n) is 1.69. The van der Waals surface area contributed by atoms with Crippen LogP contribution in [-0.4, -0.2) is 8.42 Å². The van der Waals surface area contributed by atoms with Gasteiger partial charge >= 0.3 is 0 Å². The van der Waals surface area contributed by atoms with Crippen molar-refractivity contribution in [3.8, 4) is 0 Å². The Morgan fingerprint density at radius 1 is 0.889 bits per heavy atom. The van der Waals surface area contributed by atoms with Gasteiger partial charge in [0.15, 0.2) is 14.5 Å². The van der Waals surface area contributed by atoms with Crippen molar-refractivity contribution in [1.82, 2.24) is 0 Å². The van der Waals surface area contributed by atoms with Gasteiger partial charge in [-0.15, -0.1) is 11.6 Å². The van der Waals surface area contributed by atoms with Crippen molar-refractivity contribution >= 4 is 21.4 Å². The molecule has 2 nitrogen and oxygen atoms in total. The highest BCUT2D eigenvalue weighted by molar-refractivity contribution is 7.92. The minimum Gasteiger partial charge on any atom is -0.227 e. The summed E-state index contributed by atoms with van der Waals surface area (Å²) in [5.74, 6) is -0.0447. The summed E-state index contributed by atoms with van der Waals surface area (Å²) in [6, 6.07) is 17.9. The molecule has 0 radical (unpaired) electrons. The Hall–Kier alpha value is -1.32. The second kappa shape index (κ2) is 5.55. The van der Waals surface area contributed by atoms with Gasteiger partial charge in [-0.05, 0) is 11.1 Å². The van der Waals surface area contributed by atoms with Crippen LogP contribution in [0.4, 0.5) is 0 Å². The summed E-state index contributed by atoms with van der Waals surface area (Å²) in [5, 5.41) is 0. The predicted molar refractivity (Wildman–Crippen MR) is 74.1 cm³/mol. The van der Waals surface area contributed by atoms with Crippen molar-refractivity contribution in [2.75, 3.05) is 0 Å². The van der Waals surface area contributed by atoms with Crippen LogP contribution in [0.1, 0.15) is 15.8 Å². The van der Waals surface area contributed by atoms with Gasteiger partial charge in [-0.3, -0.25) is 0 Å². The molecule has 0 N–H and O–H groups in total. The smallest absolute Gasteiger partial charge is 0.175 e. The Morgan fingerprint density at radius 3 is 1.94 bits per heavy atom. The molecule has 0 heterocycles. The first-order valence-corrected chi connectivity index (χ1v) is 7.69. The van der Waals surface area contributed by atoms with Crippen molar-refractivity contribution in [2.45, 2.75) is 10.5 Å². The fourth-order valence-corrected chi connectivity index (χ4v) is 3.40. The SMILES string of the molecule is O=S(=O)(Cc1ccccc1)[C@@H](Cl)c1ccccc1. The van der Waals surface area contributed by atoms with Crippen LogP contribution in [0, 0.1) is 0 Å². The Balaban J connectivity index is 2.22. The molecule has 1 atom stereocenters. The lowest BCUT2D eigenvalue weighted by atomic mass is 10.2. The topological polar surface area (TPSA) is 34.1 Å². The summed E-state index contributed by atoms with van der Waals surface area (Å²) < 4.78 is 23.3. The second-order valence-electron chi connectivity index (χ2n) is 4.02. The van der Waals surface area contributed by atoms with Gasteiger partial charge in [0.2, 0.25) is 0 Å². The maximum absolute atomic E-state index is 12.2. The first kappa shape index (κ1) is 13.1. The number of hydrogen-bond acceptors (Lipinski definition) is 2. The molecule has 0 spiro atoms. The highest BCUT2D eigenvalue weighted by atomic mass is 35.5. The van der Waals surface area contributed by atoms with Crippen LogP contribution in [0.2, 0.25) is 0 Å². The lowest BCUT2D eigenvalue weighted by Gasteiger charge is -2.11. The van der Waals surface area contributed by atoms with Gasteiger partial charge in [-0.2, -0.15) is 0 Å². The van der Waals surface area contributed by atoms with Crippen LogP contribution in [0.15, 0.2) is 60.7 Å². The van der Waals surface area contributed by atoms with Gasteiger partial charge in [0.05, 0.1) is 5.75 Å². The van der Waals surface area contributed by atoms with Gasteiger partial charge in [0.1, 0.15) is 0 Å². The van der Waals surface area contributed by atoms with Crippen LogP contribution in [0.5, 0.6) is 0 Å². The van der Waals surface area contributed by atoms with Crippen LogP contribution < -0.4 is 0 Å². The van der Waals surface area contributed by atoms with Crippen LogP contribution >= 0.6 is 11.6 Å². The first-order chi connectivity index (χ1) is 8.59. The Bertz CT molecular complexity index is 594. The molecule has 0 aliphatic rings. The minimum absolute atomic E-state index is 0.0447. The number of halogens is 1. The van der Waals surface area contributed by atoms with E-state index in [4.69, 9.17) is 11.6 Å². The maximum atomic E-state index is 12.2. The molecule has 0 aliphatic carbocycles. The third kappa shape index (κ3) is 3.12. The molecule has 0 saturated carbocycles. The van der Waals surface area contributed by atoms with Gasteiger partial charge in [-0.1, -0.05) is 60.7 Å². The predicted octanol–water partition coefficient (Wildman–Crippen LogP) is 3.54. The Morgan fingerprint density at radius 2 is 1.39 bits per heavy atom. The molecule has 0 bridgehead atoms. The number of sulfone groups is 1. The largest absolute Gasteiger partial charge is 0.227 e. The molecule has 2 rings (SSSR count). The summed E-state index contributed by atoms with van der Waals surface area (Å²) in [6.07, 6.45) is 0. The molecule has 2 aromatic carbocycles. The molecule has 4 heteroatoms. The lowest BCUT2D eigenvalue weighted by molar-refractivity contribution is 0.593. The van der Waals surface area contributed by atoms with E-state index in [9.17, 15) is 8.42 Å². The molecule has 94 valence electrons. The van der Waals surface area contributed by atoms with Crippen molar-refractivity contribution < 1.29 is 8.42 Å². The van der Waals surface area contributed by atoms with Gasteiger partial charge in [0.25, 0.3) is 0 Å². The summed E-state index contributed by atoms with van der Waals surface area (Å²) in [5.41, 5.74) is 1.36. The Kier molecular flexibility index (Phi) is 4.04. The van der Waals surface area contributed by atoms with Gasteiger partial charge in [-0.25, -0.2) is 8.42 Å². The van der Waals surface area contributed by atoms with Crippen LogP contribution in [-0.2, 0) is 15.6 Å². The summed E-state index contributed by atoms with van der Waals surface area (Å²) in [6.45, 7) is 0. The fraction of sp³-hybridized carbons (Fsp3) is 0.143. The highest BCUT2D eigenvalue weighted by Gasteiger charge is 2.24. The van der Waals surface area contributed by atoms with Crippen LogP contribution in [0.25, 0.3) is 0 Å². The number of benzene rings is 2. The average molecular weight is 281 g/mol. The van der Waals surface area contributed by atoms with Gasteiger partial charge in [0, 0.05) is 0 Å². The van der Waals surface area contributed by atoms with Crippen molar-refractivity contribution in [3.63, 3.8) is 0 Å². The minimum atomic E-state index is -3.40. The molecule has 0 fully saturated rings. The second-order valence-corrected chi connectivity index (χ2v) is 6.80. The average Bonchev–Trinajstić information content (AvgIpc) is 2.39. The van der Waals surface area contributed by atoms with Crippen molar-refractivity contribution in [3.05, 3.63) is 71.8 Å². The third-order valence-corrected chi connectivity index (χ3v) is 5.29. The first-order valence-electron chi connectivity index (χ1n) is 5.54. The molecule has 0 aliphatic heterocycles. The van der Waals surface area contributed by atoms with E-state index in [2.05, 4.69) is 0 Å². The van der Waals surface area contributed by atoms with E-state index in [1.807, 2.05) is 24.3 Å². The van der Waals surface area contributed by atoms with E-state index >= 15 is 0 Å². The molecule has 0 amide bonds. The van der Waals surface area contributed by atoms with E-state index in [0.717, 1.165) is 5.56 Å². The normalized spacial score (nSPS) is 13.2. The van der Waals surface area contributed by atoms with E-state index in [-0.39, 0.29) is 5.75 Å². The summed E-state index contributed by atoms with van der Waals surface area (Å²) in [7, 11) is -3.40. The van der Waals surface area contributed by atoms with E-state index in [1.54, 1.807) is 36.4 Å². The van der Waals surface area contributed by atoms with E-state index < -0.39 is 14.5 Å². The number of rotatable bonds is 4. The standard InChI is InChI=1S/C14H13ClO2S/c15-14(13-9-5-2-6-10-13)18(16,17)11-12-7-3-1-4-8-12/h1-10,14H,11H2/t14-/m1/s1. The summed E-state index contributed by atoms with van der Waals surface area (Å²) >= 11 is 6.06. The third-order valence-electron chi connectivity index (χ3n) is 2.59.